The molecule has 0 radical (unpaired) electrons. The molecule has 4 rings (SSSR count). The van der Waals surface area contributed by atoms with Gasteiger partial charge < -0.3 is 16.0 Å². The van der Waals surface area contributed by atoms with Crippen LogP contribution in [-0.2, 0) is 6.42 Å². The molecular formula is C19H20N8O. The fraction of sp³-hybridized carbons (Fsp3) is 0.316. The highest BCUT2D eigenvalue weighted by molar-refractivity contribution is 6.12. The molecule has 9 nitrogen and oxygen atoms in total. The highest BCUT2D eigenvalue weighted by Crippen LogP contribution is 2.28. The van der Waals surface area contributed by atoms with Crippen molar-refractivity contribution in [1.82, 2.24) is 19.6 Å². The van der Waals surface area contributed by atoms with Crippen LogP contribution in [0.5, 0.6) is 0 Å². The van der Waals surface area contributed by atoms with Crippen LogP contribution >= 0.6 is 0 Å². The van der Waals surface area contributed by atoms with Gasteiger partial charge >= 0.3 is 0 Å². The van der Waals surface area contributed by atoms with Crippen LogP contribution in [0.2, 0.25) is 0 Å². The molecule has 9 heteroatoms. The maximum absolute atomic E-state index is 13.0. The molecule has 3 N–H and O–H groups in total. The molecule has 0 spiro atoms. The van der Waals surface area contributed by atoms with Gasteiger partial charge in [-0.2, -0.15) is 5.26 Å². The summed E-state index contributed by atoms with van der Waals surface area (Å²) in [4.78, 5) is 23.7. The number of rotatable bonds is 4. The number of nitrogen functional groups attached to an aromatic ring is 1. The van der Waals surface area contributed by atoms with E-state index in [2.05, 4.69) is 31.4 Å². The predicted molar refractivity (Wildman–Crippen MR) is 105 cm³/mol. The summed E-state index contributed by atoms with van der Waals surface area (Å²) >= 11 is 0. The molecular weight excluding hydrogens is 356 g/mol. The van der Waals surface area contributed by atoms with Crippen LogP contribution in [0.1, 0.15) is 35.2 Å². The van der Waals surface area contributed by atoms with Gasteiger partial charge in [0.25, 0.3) is 5.91 Å². The molecule has 3 aromatic heterocycles. The van der Waals surface area contributed by atoms with Crippen LogP contribution in [0.15, 0.2) is 30.9 Å². The van der Waals surface area contributed by atoms with E-state index in [9.17, 15) is 4.79 Å². The third-order valence-electron chi connectivity index (χ3n) is 4.81. The number of amides is 1. The Morgan fingerprint density at radius 1 is 1.29 bits per heavy atom. The topological polar surface area (TPSA) is 125 Å². The minimum absolute atomic E-state index is 0.0857. The summed E-state index contributed by atoms with van der Waals surface area (Å²) in [5.74, 6) is -0.304. The van der Waals surface area contributed by atoms with Crippen molar-refractivity contribution in [2.24, 2.45) is 0 Å². The molecule has 1 aliphatic heterocycles. The number of aromatic nitrogens is 4. The van der Waals surface area contributed by atoms with E-state index in [1.165, 1.54) is 10.9 Å². The van der Waals surface area contributed by atoms with Crippen molar-refractivity contribution in [3.63, 3.8) is 0 Å². The van der Waals surface area contributed by atoms with Gasteiger partial charge in [0.1, 0.15) is 5.56 Å². The van der Waals surface area contributed by atoms with Gasteiger partial charge in [-0.3, -0.25) is 9.78 Å². The number of piperidine rings is 1. The number of fused-ring (bicyclic) bond motifs is 1. The number of hydrogen-bond acceptors (Lipinski definition) is 7. The number of carbonyl (C=O) groups excluding carboxylic acids is 1. The zero-order valence-corrected chi connectivity index (χ0v) is 15.3. The molecule has 0 atom stereocenters. The van der Waals surface area contributed by atoms with Crippen molar-refractivity contribution in [2.75, 3.05) is 29.0 Å². The first-order valence-corrected chi connectivity index (χ1v) is 9.17. The lowest BCUT2D eigenvalue weighted by Gasteiger charge is -2.30. The van der Waals surface area contributed by atoms with Crippen molar-refractivity contribution in [2.45, 2.75) is 25.7 Å². The Labute approximate surface area is 161 Å². The largest absolute Gasteiger partial charge is 0.381 e. The number of nitrogens with two attached hydrogens (primary N) is 1. The van der Waals surface area contributed by atoms with Crippen LogP contribution in [0.4, 0.5) is 17.2 Å². The summed E-state index contributed by atoms with van der Waals surface area (Å²) in [6, 6.07) is 3.97. The van der Waals surface area contributed by atoms with Gasteiger partial charge in [0.05, 0.1) is 30.1 Å². The Hall–Kier alpha value is -3.67. The fourth-order valence-electron chi connectivity index (χ4n) is 3.47. The summed E-state index contributed by atoms with van der Waals surface area (Å²) in [6.07, 6.45) is 10.3. The molecule has 0 aliphatic carbocycles. The van der Waals surface area contributed by atoms with Gasteiger partial charge in [-0.25, -0.2) is 9.50 Å². The Morgan fingerprint density at radius 3 is 2.89 bits per heavy atom. The van der Waals surface area contributed by atoms with Crippen molar-refractivity contribution >= 4 is 28.7 Å². The lowest BCUT2D eigenvalue weighted by Crippen LogP contribution is -2.30. The molecule has 0 unspecified atom stereocenters. The highest BCUT2D eigenvalue weighted by Gasteiger charge is 2.22. The van der Waals surface area contributed by atoms with Gasteiger partial charge in [0.2, 0.25) is 0 Å². The van der Waals surface area contributed by atoms with Gasteiger partial charge in [0.15, 0.2) is 11.5 Å². The second-order valence-corrected chi connectivity index (χ2v) is 6.72. The summed E-state index contributed by atoms with van der Waals surface area (Å²) in [5.41, 5.74) is 8.82. The average Bonchev–Trinajstić information content (AvgIpc) is 3.04. The van der Waals surface area contributed by atoms with E-state index in [-0.39, 0.29) is 23.7 Å². The second kappa shape index (κ2) is 7.52. The molecule has 0 saturated carbocycles. The molecule has 1 aliphatic rings. The average molecular weight is 376 g/mol. The van der Waals surface area contributed by atoms with E-state index in [0.717, 1.165) is 31.6 Å². The molecule has 28 heavy (non-hydrogen) atoms. The first-order chi connectivity index (χ1) is 13.7. The monoisotopic (exact) mass is 376 g/mol. The van der Waals surface area contributed by atoms with E-state index < -0.39 is 0 Å². The molecule has 4 heterocycles. The lowest BCUT2D eigenvalue weighted by atomic mass is 10.1. The zero-order valence-electron chi connectivity index (χ0n) is 15.3. The summed E-state index contributed by atoms with van der Waals surface area (Å²) < 4.78 is 1.44. The summed E-state index contributed by atoms with van der Waals surface area (Å²) in [6.45, 7) is 1.91. The van der Waals surface area contributed by atoms with E-state index in [1.54, 1.807) is 24.8 Å². The Balaban J connectivity index is 1.64. The van der Waals surface area contributed by atoms with Crippen LogP contribution in [0.25, 0.3) is 5.65 Å². The predicted octanol–water partition coefficient (Wildman–Crippen LogP) is 2.02. The van der Waals surface area contributed by atoms with Crippen molar-refractivity contribution in [3.8, 4) is 6.07 Å². The van der Waals surface area contributed by atoms with Gasteiger partial charge in [-0.05, 0) is 25.3 Å². The smallest absolute Gasteiger partial charge is 0.263 e. The Bertz CT molecular complexity index is 1060. The van der Waals surface area contributed by atoms with Gasteiger partial charge in [0, 0.05) is 37.2 Å². The summed E-state index contributed by atoms with van der Waals surface area (Å²) in [7, 11) is 0. The number of nitrogens with one attached hydrogen (secondary N) is 1. The van der Waals surface area contributed by atoms with Crippen molar-refractivity contribution in [1.29, 1.82) is 5.26 Å². The standard InChI is InChI=1S/C19H20N8O/c20-6-4-13-10-23-18-16(17(21)25-27(18)12-13)19(28)24-14-11-22-7-5-15(14)26-8-2-1-3-9-26/h5,7,10-12H,1-4,8-9H2,(H2,21,25)(H,24,28). The lowest BCUT2D eigenvalue weighted by molar-refractivity contribution is 0.102. The number of nitrogens with zero attached hydrogens (tertiary/aromatic N) is 6. The van der Waals surface area contributed by atoms with Gasteiger partial charge in [-0.15, -0.1) is 5.10 Å². The normalized spacial score (nSPS) is 14.0. The zero-order chi connectivity index (χ0) is 19.5. The number of carbonyl (C=O) groups is 1. The minimum Gasteiger partial charge on any atom is -0.381 e. The number of pyridine rings is 1. The molecule has 1 saturated heterocycles. The quantitative estimate of drug-likeness (QED) is 0.713. The number of hydrogen-bond donors (Lipinski definition) is 2. The first-order valence-electron chi connectivity index (χ1n) is 9.17. The highest BCUT2D eigenvalue weighted by atomic mass is 16.1. The fourth-order valence-corrected chi connectivity index (χ4v) is 3.47. The van der Waals surface area contributed by atoms with Crippen LogP contribution in [0.3, 0.4) is 0 Å². The van der Waals surface area contributed by atoms with Gasteiger partial charge in [-0.1, -0.05) is 0 Å². The van der Waals surface area contributed by atoms with Crippen molar-refractivity contribution in [3.05, 3.63) is 42.0 Å². The van der Waals surface area contributed by atoms with Crippen LogP contribution in [-0.4, -0.2) is 38.6 Å². The maximum Gasteiger partial charge on any atom is 0.263 e. The van der Waals surface area contributed by atoms with Crippen molar-refractivity contribution < 1.29 is 4.79 Å². The third-order valence-corrected chi connectivity index (χ3v) is 4.81. The molecule has 1 amide bonds. The summed E-state index contributed by atoms with van der Waals surface area (Å²) in [5, 5.41) is 15.9. The SMILES string of the molecule is N#CCc1cnc2c(C(=O)Nc3cnccc3N3CCCCC3)c(N)nn2c1. The van der Waals surface area contributed by atoms with E-state index in [0.29, 0.717) is 16.9 Å². The first kappa shape index (κ1) is 17.7. The number of anilines is 3. The maximum atomic E-state index is 13.0. The second-order valence-electron chi connectivity index (χ2n) is 6.72. The van der Waals surface area contributed by atoms with E-state index >= 15 is 0 Å². The Morgan fingerprint density at radius 2 is 2.11 bits per heavy atom. The third kappa shape index (κ3) is 3.32. The van der Waals surface area contributed by atoms with Crippen LogP contribution < -0.4 is 16.0 Å². The van der Waals surface area contributed by atoms with Crippen LogP contribution in [0, 0.1) is 11.3 Å². The number of nitriles is 1. The molecule has 142 valence electrons. The Kier molecular flexibility index (Phi) is 4.76. The molecule has 1 fully saturated rings. The van der Waals surface area contributed by atoms with E-state index in [4.69, 9.17) is 11.0 Å². The molecule has 0 aromatic carbocycles. The van der Waals surface area contributed by atoms with E-state index in [1.807, 2.05) is 6.07 Å². The molecule has 0 bridgehead atoms. The minimum atomic E-state index is -0.390. The molecule has 3 aromatic rings.